The molecule has 0 atom stereocenters. The summed E-state index contributed by atoms with van der Waals surface area (Å²) in [5, 5.41) is 3.28. The molecule has 0 bridgehead atoms. The number of rotatable bonds is 5. The van der Waals surface area contributed by atoms with Gasteiger partial charge in [0.15, 0.2) is 0 Å². The van der Waals surface area contributed by atoms with Crippen LogP contribution in [0.4, 0.5) is 5.82 Å². The van der Waals surface area contributed by atoms with Crippen molar-refractivity contribution < 1.29 is 0 Å². The number of aryl methyl sites for hydroxylation is 1. The van der Waals surface area contributed by atoms with Gasteiger partial charge in [0.25, 0.3) is 0 Å². The van der Waals surface area contributed by atoms with Crippen molar-refractivity contribution in [3.05, 3.63) is 18.1 Å². The minimum atomic E-state index is 0.0822. The van der Waals surface area contributed by atoms with Crippen LogP contribution in [0.3, 0.4) is 0 Å². The van der Waals surface area contributed by atoms with Gasteiger partial charge in [-0.3, -0.25) is 0 Å². The van der Waals surface area contributed by atoms with Crippen molar-refractivity contribution in [1.29, 1.82) is 0 Å². The van der Waals surface area contributed by atoms with Crippen LogP contribution in [-0.2, 0) is 6.42 Å². The predicted octanol–water partition coefficient (Wildman–Crippen LogP) is 2.72. The fraction of sp³-hybridized carbons (Fsp3) is 0.636. The molecule has 0 saturated heterocycles. The topological polar surface area (TPSA) is 37.8 Å². The molecule has 3 nitrogen and oxygen atoms in total. The lowest BCUT2D eigenvalue weighted by Crippen LogP contribution is -2.25. The summed E-state index contributed by atoms with van der Waals surface area (Å²) in [7, 11) is 0. The van der Waals surface area contributed by atoms with Crippen molar-refractivity contribution in [2.75, 3.05) is 17.7 Å². The van der Waals surface area contributed by atoms with Crippen LogP contribution in [0, 0.1) is 5.41 Å². The van der Waals surface area contributed by atoms with Crippen molar-refractivity contribution in [2.45, 2.75) is 27.2 Å². The Bertz CT molecular complexity index is 312. The van der Waals surface area contributed by atoms with E-state index < -0.39 is 0 Å². The van der Waals surface area contributed by atoms with E-state index in [2.05, 4.69) is 36.1 Å². The van der Waals surface area contributed by atoms with Gasteiger partial charge in [-0.15, -0.1) is 11.6 Å². The van der Waals surface area contributed by atoms with E-state index in [9.17, 15) is 0 Å². The highest BCUT2D eigenvalue weighted by Gasteiger charge is 2.15. The first-order chi connectivity index (χ1) is 7.07. The van der Waals surface area contributed by atoms with Crippen LogP contribution in [0.5, 0.6) is 0 Å². The largest absolute Gasteiger partial charge is 0.369 e. The lowest BCUT2D eigenvalue weighted by atomic mass is 9.97. The summed E-state index contributed by atoms with van der Waals surface area (Å²) in [5.74, 6) is 1.51. The first-order valence-electron chi connectivity index (χ1n) is 5.18. The van der Waals surface area contributed by atoms with Crippen LogP contribution in [-0.4, -0.2) is 22.4 Å². The van der Waals surface area contributed by atoms with Gasteiger partial charge in [-0.2, -0.15) is 0 Å². The van der Waals surface area contributed by atoms with Gasteiger partial charge in [0.05, 0.1) is 0 Å². The predicted molar refractivity (Wildman–Crippen MR) is 64.4 cm³/mol. The third kappa shape index (κ3) is 4.04. The molecule has 0 aliphatic carbocycles. The quantitative estimate of drug-likeness (QED) is 0.787. The molecule has 0 aliphatic heterocycles. The second-order valence-electron chi connectivity index (χ2n) is 4.40. The number of alkyl halides is 1. The van der Waals surface area contributed by atoms with Crippen LogP contribution in [0.15, 0.2) is 12.4 Å². The van der Waals surface area contributed by atoms with Crippen molar-refractivity contribution in [3.8, 4) is 0 Å². The summed E-state index contributed by atoms with van der Waals surface area (Å²) >= 11 is 5.85. The van der Waals surface area contributed by atoms with Crippen LogP contribution in [0.25, 0.3) is 0 Å². The number of anilines is 1. The first-order valence-corrected chi connectivity index (χ1v) is 5.71. The summed E-state index contributed by atoms with van der Waals surface area (Å²) in [6, 6.07) is 1.98. The van der Waals surface area contributed by atoms with Gasteiger partial charge >= 0.3 is 0 Å². The average molecular weight is 228 g/mol. The smallest absolute Gasteiger partial charge is 0.129 e. The molecule has 0 fully saturated rings. The summed E-state index contributed by atoms with van der Waals surface area (Å²) in [6.45, 7) is 7.13. The first kappa shape index (κ1) is 12.2. The van der Waals surface area contributed by atoms with Gasteiger partial charge < -0.3 is 5.32 Å². The zero-order valence-electron chi connectivity index (χ0n) is 9.55. The Labute approximate surface area is 96.3 Å². The Morgan fingerprint density at radius 2 is 2.13 bits per heavy atom. The monoisotopic (exact) mass is 227 g/mol. The SMILES string of the molecule is CCc1cc(NCC(C)(C)CCl)ncn1. The van der Waals surface area contributed by atoms with Crippen LogP contribution in [0.1, 0.15) is 26.5 Å². The Balaban J connectivity index is 2.57. The zero-order chi connectivity index (χ0) is 11.3. The van der Waals surface area contributed by atoms with Crippen LogP contribution >= 0.6 is 11.6 Å². The van der Waals surface area contributed by atoms with Gasteiger partial charge in [-0.25, -0.2) is 9.97 Å². The summed E-state index contributed by atoms with van der Waals surface area (Å²) in [6.07, 6.45) is 2.52. The third-order valence-electron chi connectivity index (χ3n) is 2.20. The molecule has 0 aliphatic rings. The van der Waals surface area contributed by atoms with Gasteiger partial charge in [0, 0.05) is 24.2 Å². The average Bonchev–Trinajstić information content (AvgIpc) is 2.27. The molecule has 0 spiro atoms. The van der Waals surface area contributed by atoms with E-state index in [0.29, 0.717) is 5.88 Å². The summed E-state index contributed by atoms with van der Waals surface area (Å²) < 4.78 is 0. The molecule has 0 unspecified atom stereocenters. The molecule has 1 heterocycles. The Morgan fingerprint density at radius 3 is 2.73 bits per heavy atom. The zero-order valence-corrected chi connectivity index (χ0v) is 10.3. The van der Waals surface area contributed by atoms with Gasteiger partial charge in [0.1, 0.15) is 12.1 Å². The van der Waals surface area contributed by atoms with E-state index in [1.165, 1.54) is 0 Å². The number of hydrogen-bond acceptors (Lipinski definition) is 3. The number of halogens is 1. The van der Waals surface area contributed by atoms with Crippen LogP contribution < -0.4 is 5.32 Å². The number of hydrogen-bond donors (Lipinski definition) is 1. The molecule has 1 rings (SSSR count). The number of nitrogens with one attached hydrogen (secondary N) is 1. The van der Waals surface area contributed by atoms with E-state index in [-0.39, 0.29) is 5.41 Å². The molecule has 0 saturated carbocycles. The van der Waals surface area contributed by atoms with E-state index in [1.807, 2.05) is 6.07 Å². The summed E-state index contributed by atoms with van der Waals surface area (Å²) in [4.78, 5) is 8.30. The number of aromatic nitrogens is 2. The highest BCUT2D eigenvalue weighted by Crippen LogP contribution is 2.17. The minimum Gasteiger partial charge on any atom is -0.369 e. The maximum absolute atomic E-state index is 5.85. The van der Waals surface area contributed by atoms with E-state index in [1.54, 1.807) is 6.33 Å². The van der Waals surface area contributed by atoms with Crippen molar-refractivity contribution in [3.63, 3.8) is 0 Å². The highest BCUT2D eigenvalue weighted by atomic mass is 35.5. The Hall–Kier alpha value is -0.830. The normalized spacial score (nSPS) is 11.5. The molecule has 4 heteroatoms. The fourth-order valence-electron chi connectivity index (χ4n) is 1.06. The maximum Gasteiger partial charge on any atom is 0.129 e. The van der Waals surface area contributed by atoms with Gasteiger partial charge in [0.2, 0.25) is 0 Å². The van der Waals surface area contributed by atoms with Gasteiger partial charge in [-0.1, -0.05) is 20.8 Å². The van der Waals surface area contributed by atoms with Crippen molar-refractivity contribution in [2.24, 2.45) is 5.41 Å². The molecule has 0 radical (unpaired) electrons. The molecule has 1 N–H and O–H groups in total. The fourth-order valence-corrected chi connectivity index (χ4v) is 1.16. The summed E-state index contributed by atoms with van der Waals surface area (Å²) in [5.41, 5.74) is 1.13. The van der Waals surface area contributed by atoms with Crippen LogP contribution in [0.2, 0.25) is 0 Å². The van der Waals surface area contributed by atoms with E-state index in [0.717, 1.165) is 24.5 Å². The molecule has 1 aromatic heterocycles. The third-order valence-corrected chi connectivity index (χ3v) is 2.92. The van der Waals surface area contributed by atoms with Crippen molar-refractivity contribution >= 4 is 17.4 Å². The van der Waals surface area contributed by atoms with E-state index >= 15 is 0 Å². The Kier molecular flexibility index (Phi) is 4.33. The maximum atomic E-state index is 5.85. The second kappa shape index (κ2) is 5.31. The Morgan fingerprint density at radius 1 is 1.40 bits per heavy atom. The molecule has 84 valence electrons. The molecule has 0 aromatic carbocycles. The molecular weight excluding hydrogens is 210 g/mol. The van der Waals surface area contributed by atoms with Crippen molar-refractivity contribution in [1.82, 2.24) is 9.97 Å². The minimum absolute atomic E-state index is 0.0822. The highest BCUT2D eigenvalue weighted by molar-refractivity contribution is 6.18. The lowest BCUT2D eigenvalue weighted by Gasteiger charge is -2.21. The molecule has 1 aromatic rings. The molecule has 0 amide bonds. The molecule has 15 heavy (non-hydrogen) atoms. The second-order valence-corrected chi connectivity index (χ2v) is 4.67. The van der Waals surface area contributed by atoms with Gasteiger partial charge in [-0.05, 0) is 11.8 Å². The lowest BCUT2D eigenvalue weighted by molar-refractivity contribution is 0.449. The molecular formula is C11H18ClN3. The van der Waals surface area contributed by atoms with E-state index in [4.69, 9.17) is 11.6 Å². The number of nitrogens with zero attached hydrogens (tertiary/aromatic N) is 2. The standard InChI is InChI=1S/C11H18ClN3/c1-4-9-5-10(15-8-14-9)13-7-11(2,3)6-12/h5,8H,4,6-7H2,1-3H3,(H,13,14,15).